The van der Waals surface area contributed by atoms with Crippen LogP contribution in [-0.2, 0) is 22.4 Å². The zero-order valence-corrected chi connectivity index (χ0v) is 19.7. The molecule has 4 N–H and O–H groups in total. The molecule has 1 fully saturated rings. The molecule has 0 saturated carbocycles. The van der Waals surface area contributed by atoms with Gasteiger partial charge in [0.15, 0.2) is 0 Å². The van der Waals surface area contributed by atoms with Crippen molar-refractivity contribution in [1.82, 2.24) is 10.2 Å². The number of nitrogens with zero attached hydrogens (tertiary/aromatic N) is 1. The van der Waals surface area contributed by atoms with Crippen molar-refractivity contribution in [3.63, 3.8) is 0 Å². The maximum Gasteiger partial charge on any atom is 0.407 e. The number of ether oxygens (including phenoxy) is 2. The highest BCUT2D eigenvalue weighted by Gasteiger charge is 2.27. The van der Waals surface area contributed by atoms with Gasteiger partial charge in [-0.25, -0.2) is 4.79 Å². The van der Waals surface area contributed by atoms with Crippen LogP contribution in [0.4, 0.5) is 10.5 Å². The van der Waals surface area contributed by atoms with E-state index in [1.54, 1.807) is 0 Å². The highest BCUT2D eigenvalue weighted by molar-refractivity contribution is 5.68. The van der Waals surface area contributed by atoms with E-state index in [4.69, 9.17) is 15.2 Å². The van der Waals surface area contributed by atoms with Gasteiger partial charge in [-0.05, 0) is 35.6 Å². The number of hydrogen-bond acceptors (Lipinski definition) is 6. The molecule has 1 aliphatic rings. The third kappa shape index (κ3) is 8.68. The van der Waals surface area contributed by atoms with Crippen LogP contribution in [0.5, 0.6) is 0 Å². The fourth-order valence-corrected chi connectivity index (χ4v) is 4.09. The summed E-state index contributed by atoms with van der Waals surface area (Å²) >= 11 is 0. The van der Waals surface area contributed by atoms with E-state index in [1.165, 1.54) is 0 Å². The number of nitrogen functional groups attached to an aromatic ring is 1. The summed E-state index contributed by atoms with van der Waals surface area (Å²) in [4.78, 5) is 14.8. The number of benzene rings is 2. The van der Waals surface area contributed by atoms with E-state index in [-0.39, 0.29) is 6.10 Å². The zero-order chi connectivity index (χ0) is 23.6. The Kier molecular flexibility index (Phi) is 9.54. The van der Waals surface area contributed by atoms with Crippen molar-refractivity contribution in [2.45, 2.75) is 51.5 Å². The smallest absolute Gasteiger partial charge is 0.407 e. The Labute approximate surface area is 196 Å². The molecule has 1 aliphatic heterocycles. The van der Waals surface area contributed by atoms with Crippen molar-refractivity contribution >= 4 is 11.8 Å². The monoisotopic (exact) mass is 455 g/mol. The van der Waals surface area contributed by atoms with Crippen LogP contribution >= 0.6 is 0 Å². The number of rotatable bonds is 11. The van der Waals surface area contributed by atoms with Crippen molar-refractivity contribution in [2.75, 3.05) is 32.0 Å². The maximum atomic E-state index is 12.6. The Morgan fingerprint density at radius 3 is 2.52 bits per heavy atom. The van der Waals surface area contributed by atoms with E-state index in [0.29, 0.717) is 45.1 Å². The molecule has 180 valence electrons. The summed E-state index contributed by atoms with van der Waals surface area (Å²) in [6.45, 7) is 7.27. The second-order valence-corrected chi connectivity index (χ2v) is 9.23. The van der Waals surface area contributed by atoms with Crippen LogP contribution in [0.2, 0.25) is 0 Å². The standard InChI is InChI=1S/C26H37N3O4/c1-19(2)15-29(16-21-8-10-22(27)11-9-21)17-25(30)24(14-20-6-4-3-5-7-20)28-26(31)33-23-12-13-32-18-23/h3-11,19,23-25,30H,12-18,27H2,1-2H3,(H,28,31)/t23-,24-,25+/m0/s1. The molecule has 1 amide bonds. The molecule has 0 bridgehead atoms. The van der Waals surface area contributed by atoms with Gasteiger partial charge in [0.2, 0.25) is 0 Å². The third-order valence-corrected chi connectivity index (χ3v) is 5.68. The molecular weight excluding hydrogens is 418 g/mol. The number of alkyl carbamates (subject to hydrolysis) is 1. The molecule has 0 aliphatic carbocycles. The Hall–Kier alpha value is -2.61. The molecule has 0 aromatic heterocycles. The number of aliphatic hydroxyl groups excluding tert-OH is 1. The molecule has 1 saturated heterocycles. The first kappa shape index (κ1) is 25.0. The number of carbonyl (C=O) groups excluding carboxylic acids is 1. The first-order chi connectivity index (χ1) is 15.9. The molecule has 7 nitrogen and oxygen atoms in total. The lowest BCUT2D eigenvalue weighted by atomic mass is 10.0. The number of anilines is 1. The first-order valence-electron chi connectivity index (χ1n) is 11.7. The minimum Gasteiger partial charge on any atom is -0.444 e. The average Bonchev–Trinajstić information content (AvgIpc) is 3.28. The van der Waals surface area contributed by atoms with Crippen LogP contribution in [0.15, 0.2) is 54.6 Å². The zero-order valence-electron chi connectivity index (χ0n) is 19.7. The molecule has 0 radical (unpaired) electrons. The van der Waals surface area contributed by atoms with Gasteiger partial charge < -0.3 is 25.6 Å². The van der Waals surface area contributed by atoms with E-state index in [2.05, 4.69) is 24.1 Å². The molecule has 33 heavy (non-hydrogen) atoms. The summed E-state index contributed by atoms with van der Waals surface area (Å²) in [5.41, 5.74) is 8.72. The number of aliphatic hydroxyl groups is 1. The molecule has 2 aromatic rings. The molecular formula is C26H37N3O4. The Bertz CT molecular complexity index is 838. The predicted molar refractivity (Wildman–Crippen MR) is 130 cm³/mol. The van der Waals surface area contributed by atoms with Crippen LogP contribution < -0.4 is 11.1 Å². The topological polar surface area (TPSA) is 97.1 Å². The predicted octanol–water partition coefficient (Wildman–Crippen LogP) is 3.21. The maximum absolute atomic E-state index is 12.6. The number of amides is 1. The molecule has 2 aromatic carbocycles. The van der Waals surface area contributed by atoms with Gasteiger partial charge >= 0.3 is 6.09 Å². The van der Waals surface area contributed by atoms with Crippen LogP contribution in [0.25, 0.3) is 0 Å². The van der Waals surface area contributed by atoms with Crippen LogP contribution in [0, 0.1) is 5.92 Å². The Morgan fingerprint density at radius 2 is 1.88 bits per heavy atom. The van der Waals surface area contributed by atoms with E-state index in [9.17, 15) is 9.90 Å². The second kappa shape index (κ2) is 12.6. The summed E-state index contributed by atoms with van der Waals surface area (Å²) in [5, 5.41) is 14.1. The summed E-state index contributed by atoms with van der Waals surface area (Å²) in [5.74, 6) is 0.429. The van der Waals surface area contributed by atoms with Gasteiger partial charge in [0.05, 0.1) is 25.4 Å². The van der Waals surface area contributed by atoms with Crippen molar-refractivity contribution in [1.29, 1.82) is 0 Å². The summed E-state index contributed by atoms with van der Waals surface area (Å²) in [6.07, 6.45) is -0.314. The SMILES string of the molecule is CC(C)CN(Cc1ccc(N)cc1)C[C@@H](O)[C@H](Cc1ccccc1)NC(=O)O[C@H]1CCOC1. The van der Waals surface area contributed by atoms with Crippen LogP contribution in [0.3, 0.4) is 0 Å². The minimum absolute atomic E-state index is 0.234. The van der Waals surface area contributed by atoms with E-state index in [0.717, 1.165) is 23.4 Å². The largest absolute Gasteiger partial charge is 0.444 e. The first-order valence-corrected chi connectivity index (χ1v) is 11.7. The Morgan fingerprint density at radius 1 is 1.15 bits per heavy atom. The van der Waals surface area contributed by atoms with Gasteiger partial charge in [-0.15, -0.1) is 0 Å². The van der Waals surface area contributed by atoms with Gasteiger partial charge in [-0.1, -0.05) is 56.3 Å². The average molecular weight is 456 g/mol. The van der Waals surface area contributed by atoms with Gasteiger partial charge in [-0.2, -0.15) is 0 Å². The number of nitrogens with two attached hydrogens (primary N) is 1. The summed E-state index contributed by atoms with van der Waals surface area (Å²) in [6, 6.07) is 17.2. The molecule has 7 heteroatoms. The van der Waals surface area contributed by atoms with Gasteiger partial charge in [0.25, 0.3) is 0 Å². The van der Waals surface area contributed by atoms with E-state index >= 15 is 0 Å². The van der Waals surface area contributed by atoms with Crippen molar-refractivity contribution in [3.8, 4) is 0 Å². The van der Waals surface area contributed by atoms with Gasteiger partial charge in [0, 0.05) is 31.7 Å². The lowest BCUT2D eigenvalue weighted by Gasteiger charge is -2.31. The highest BCUT2D eigenvalue weighted by atomic mass is 16.6. The van der Waals surface area contributed by atoms with Crippen molar-refractivity contribution in [3.05, 3.63) is 65.7 Å². The van der Waals surface area contributed by atoms with Crippen molar-refractivity contribution < 1.29 is 19.4 Å². The minimum atomic E-state index is -0.773. The number of carbonyl (C=O) groups is 1. The fraction of sp³-hybridized carbons (Fsp3) is 0.500. The Balaban J connectivity index is 1.68. The molecule has 3 atom stereocenters. The van der Waals surface area contributed by atoms with Crippen molar-refractivity contribution in [2.24, 2.45) is 5.92 Å². The lowest BCUT2D eigenvalue weighted by molar-refractivity contribution is 0.0531. The highest BCUT2D eigenvalue weighted by Crippen LogP contribution is 2.14. The summed E-state index contributed by atoms with van der Waals surface area (Å²) in [7, 11) is 0. The third-order valence-electron chi connectivity index (χ3n) is 5.68. The fourth-order valence-electron chi connectivity index (χ4n) is 4.09. The second-order valence-electron chi connectivity index (χ2n) is 9.23. The van der Waals surface area contributed by atoms with Gasteiger partial charge in [0.1, 0.15) is 6.10 Å². The molecule has 0 spiro atoms. The molecule has 3 rings (SSSR count). The van der Waals surface area contributed by atoms with Crippen LogP contribution in [-0.4, -0.2) is 60.7 Å². The molecule has 0 unspecified atom stereocenters. The summed E-state index contributed by atoms with van der Waals surface area (Å²) < 4.78 is 10.8. The lowest BCUT2D eigenvalue weighted by Crippen LogP contribution is -2.50. The van der Waals surface area contributed by atoms with E-state index < -0.39 is 18.2 Å². The van der Waals surface area contributed by atoms with Gasteiger partial charge in [-0.3, -0.25) is 4.90 Å². The number of hydrogen-bond donors (Lipinski definition) is 3. The molecule has 1 heterocycles. The number of nitrogens with one attached hydrogen (secondary N) is 1. The normalized spacial score (nSPS) is 17.8. The quantitative estimate of drug-likeness (QED) is 0.450. The van der Waals surface area contributed by atoms with Crippen LogP contribution in [0.1, 0.15) is 31.4 Å². The van der Waals surface area contributed by atoms with E-state index in [1.807, 2.05) is 54.6 Å².